The predicted molar refractivity (Wildman–Crippen MR) is 80.9 cm³/mol. The molecule has 2 heterocycles. The SMILES string of the molecule is CC(N)C1CCN(C(=O)C2CC(=O)N(CC(F)(F)F)C2)CC1.Cl. The molecule has 0 aromatic carbocycles. The van der Waals surface area contributed by atoms with Gasteiger partial charge in [-0.2, -0.15) is 13.2 Å². The van der Waals surface area contributed by atoms with E-state index in [2.05, 4.69) is 0 Å². The highest BCUT2D eigenvalue weighted by Crippen LogP contribution is 2.27. The van der Waals surface area contributed by atoms with Gasteiger partial charge in [0.05, 0.1) is 5.92 Å². The van der Waals surface area contributed by atoms with Gasteiger partial charge in [-0.3, -0.25) is 9.59 Å². The number of alkyl halides is 3. The molecule has 2 amide bonds. The summed E-state index contributed by atoms with van der Waals surface area (Å²) in [4.78, 5) is 26.4. The molecule has 0 aromatic heterocycles. The maximum atomic E-state index is 12.4. The fourth-order valence-corrected chi connectivity index (χ4v) is 3.21. The lowest BCUT2D eigenvalue weighted by atomic mass is 9.90. The number of rotatable bonds is 3. The zero-order chi connectivity index (χ0) is 16.5. The van der Waals surface area contributed by atoms with Gasteiger partial charge in [0.1, 0.15) is 6.54 Å². The topological polar surface area (TPSA) is 66.6 Å². The minimum atomic E-state index is -4.43. The van der Waals surface area contributed by atoms with Gasteiger partial charge in [-0.1, -0.05) is 0 Å². The molecule has 2 fully saturated rings. The summed E-state index contributed by atoms with van der Waals surface area (Å²) in [7, 11) is 0. The molecule has 0 bridgehead atoms. The van der Waals surface area contributed by atoms with Gasteiger partial charge >= 0.3 is 6.18 Å². The number of likely N-dealkylation sites (tertiary alicyclic amines) is 2. The molecule has 23 heavy (non-hydrogen) atoms. The Labute approximate surface area is 139 Å². The largest absolute Gasteiger partial charge is 0.406 e. The number of carbonyl (C=O) groups is 2. The number of hydrogen-bond donors (Lipinski definition) is 1. The quantitative estimate of drug-likeness (QED) is 0.830. The molecule has 2 aliphatic heterocycles. The Balaban J connectivity index is 0.00000264. The van der Waals surface area contributed by atoms with E-state index in [1.54, 1.807) is 4.90 Å². The average Bonchev–Trinajstić information content (AvgIpc) is 2.77. The molecule has 2 atom stereocenters. The van der Waals surface area contributed by atoms with Gasteiger partial charge < -0.3 is 15.5 Å². The van der Waals surface area contributed by atoms with E-state index in [1.807, 2.05) is 6.92 Å². The van der Waals surface area contributed by atoms with Crippen LogP contribution < -0.4 is 5.73 Å². The summed E-state index contributed by atoms with van der Waals surface area (Å²) < 4.78 is 37.1. The Morgan fingerprint density at radius 3 is 2.39 bits per heavy atom. The Bertz CT molecular complexity index is 437. The fraction of sp³-hybridized carbons (Fsp3) is 0.857. The smallest absolute Gasteiger partial charge is 0.342 e. The zero-order valence-corrected chi connectivity index (χ0v) is 13.8. The van der Waals surface area contributed by atoms with Crippen molar-refractivity contribution in [1.29, 1.82) is 0 Å². The average molecular weight is 358 g/mol. The Hall–Kier alpha value is -1.02. The number of nitrogens with zero attached hydrogens (tertiary/aromatic N) is 2. The van der Waals surface area contributed by atoms with Crippen LogP contribution in [0.1, 0.15) is 26.2 Å². The molecule has 0 spiro atoms. The molecule has 9 heteroatoms. The summed E-state index contributed by atoms with van der Waals surface area (Å²) in [6.45, 7) is 1.66. The number of nitrogens with two attached hydrogens (primary N) is 1. The van der Waals surface area contributed by atoms with Crippen molar-refractivity contribution < 1.29 is 22.8 Å². The lowest BCUT2D eigenvalue weighted by Crippen LogP contribution is -2.45. The van der Waals surface area contributed by atoms with E-state index >= 15 is 0 Å². The first-order valence-corrected chi connectivity index (χ1v) is 7.56. The van der Waals surface area contributed by atoms with Crippen LogP contribution in [0, 0.1) is 11.8 Å². The molecule has 5 nitrogen and oxygen atoms in total. The fourth-order valence-electron chi connectivity index (χ4n) is 3.21. The van der Waals surface area contributed by atoms with Gasteiger partial charge in [0.25, 0.3) is 0 Å². The van der Waals surface area contributed by atoms with E-state index < -0.39 is 24.5 Å². The Morgan fingerprint density at radius 1 is 1.35 bits per heavy atom. The summed E-state index contributed by atoms with van der Waals surface area (Å²) in [6.07, 6.45) is -2.95. The first-order valence-electron chi connectivity index (χ1n) is 7.56. The molecule has 0 aliphatic carbocycles. The first kappa shape index (κ1) is 20.0. The number of amides is 2. The summed E-state index contributed by atoms with van der Waals surface area (Å²) in [6, 6.07) is 0.0765. The summed E-state index contributed by atoms with van der Waals surface area (Å²) >= 11 is 0. The minimum absolute atomic E-state index is 0. The van der Waals surface area contributed by atoms with Crippen molar-refractivity contribution in [2.24, 2.45) is 17.6 Å². The number of carbonyl (C=O) groups excluding carboxylic acids is 2. The van der Waals surface area contributed by atoms with Crippen molar-refractivity contribution in [2.45, 2.75) is 38.4 Å². The molecule has 2 aliphatic rings. The minimum Gasteiger partial charge on any atom is -0.342 e. The second-order valence-electron chi connectivity index (χ2n) is 6.31. The number of hydrogen-bond acceptors (Lipinski definition) is 3. The predicted octanol–water partition coefficient (Wildman–Crippen LogP) is 1.40. The lowest BCUT2D eigenvalue weighted by molar-refractivity contribution is -0.157. The molecule has 2 N–H and O–H groups in total. The van der Waals surface area contributed by atoms with Gasteiger partial charge in [0.15, 0.2) is 0 Å². The van der Waals surface area contributed by atoms with E-state index in [0.717, 1.165) is 17.7 Å². The number of halogens is 4. The van der Waals surface area contributed by atoms with Gasteiger partial charge in [-0.25, -0.2) is 0 Å². The van der Waals surface area contributed by atoms with Crippen LogP contribution in [0.15, 0.2) is 0 Å². The van der Waals surface area contributed by atoms with Crippen LogP contribution in [0.25, 0.3) is 0 Å². The first-order chi connectivity index (χ1) is 10.2. The Morgan fingerprint density at radius 2 is 1.91 bits per heavy atom. The van der Waals surface area contributed by atoms with Crippen LogP contribution in [-0.4, -0.2) is 60.0 Å². The van der Waals surface area contributed by atoms with Crippen molar-refractivity contribution >= 4 is 24.2 Å². The van der Waals surface area contributed by atoms with Crippen LogP contribution in [0.5, 0.6) is 0 Å². The molecular weight excluding hydrogens is 335 g/mol. The monoisotopic (exact) mass is 357 g/mol. The van der Waals surface area contributed by atoms with Gasteiger partial charge in [-0.15, -0.1) is 12.4 Å². The van der Waals surface area contributed by atoms with E-state index in [9.17, 15) is 22.8 Å². The van der Waals surface area contributed by atoms with Crippen molar-refractivity contribution in [1.82, 2.24) is 9.80 Å². The van der Waals surface area contributed by atoms with E-state index in [1.165, 1.54) is 0 Å². The summed E-state index contributed by atoms with van der Waals surface area (Å²) in [5.74, 6) is -1.08. The van der Waals surface area contributed by atoms with Crippen molar-refractivity contribution in [3.05, 3.63) is 0 Å². The van der Waals surface area contributed by atoms with E-state index in [4.69, 9.17) is 5.73 Å². The summed E-state index contributed by atoms with van der Waals surface area (Å²) in [5, 5.41) is 0. The van der Waals surface area contributed by atoms with Crippen LogP contribution >= 0.6 is 12.4 Å². The van der Waals surface area contributed by atoms with Gasteiger partial charge in [0, 0.05) is 32.1 Å². The molecule has 0 radical (unpaired) electrons. The highest BCUT2D eigenvalue weighted by Gasteiger charge is 2.42. The van der Waals surface area contributed by atoms with Crippen LogP contribution in [0.4, 0.5) is 13.2 Å². The highest BCUT2D eigenvalue weighted by molar-refractivity contribution is 5.89. The summed E-state index contributed by atoms with van der Waals surface area (Å²) in [5.41, 5.74) is 5.84. The maximum Gasteiger partial charge on any atom is 0.406 e. The van der Waals surface area contributed by atoms with Crippen molar-refractivity contribution in [2.75, 3.05) is 26.2 Å². The van der Waals surface area contributed by atoms with Crippen molar-refractivity contribution in [3.63, 3.8) is 0 Å². The third-order valence-electron chi connectivity index (χ3n) is 4.53. The third-order valence-corrected chi connectivity index (χ3v) is 4.53. The molecule has 134 valence electrons. The van der Waals surface area contributed by atoms with E-state index in [-0.39, 0.29) is 37.3 Å². The molecule has 0 saturated carbocycles. The van der Waals surface area contributed by atoms with Crippen molar-refractivity contribution in [3.8, 4) is 0 Å². The molecule has 0 aromatic rings. The molecule has 2 saturated heterocycles. The lowest BCUT2D eigenvalue weighted by Gasteiger charge is -2.35. The van der Waals surface area contributed by atoms with Crippen LogP contribution in [0.2, 0.25) is 0 Å². The normalized spacial score (nSPS) is 24.6. The van der Waals surface area contributed by atoms with Gasteiger partial charge in [0.2, 0.25) is 11.8 Å². The standard InChI is InChI=1S/C14H22F3N3O2.ClH/c1-9(18)10-2-4-19(5-3-10)13(22)11-6-12(21)20(7-11)8-14(15,16)17;/h9-11H,2-8,18H2,1H3;1H. The van der Waals surface area contributed by atoms with E-state index in [0.29, 0.717) is 19.0 Å². The maximum absolute atomic E-state index is 12.4. The Kier molecular flexibility index (Phi) is 6.70. The number of piperidine rings is 1. The molecule has 2 unspecified atom stereocenters. The van der Waals surface area contributed by atoms with Crippen LogP contribution in [-0.2, 0) is 9.59 Å². The second-order valence-corrected chi connectivity index (χ2v) is 6.31. The second kappa shape index (κ2) is 7.70. The molecule has 2 rings (SSSR count). The highest BCUT2D eigenvalue weighted by atomic mass is 35.5. The zero-order valence-electron chi connectivity index (χ0n) is 13.0. The van der Waals surface area contributed by atoms with Crippen LogP contribution in [0.3, 0.4) is 0 Å². The van der Waals surface area contributed by atoms with Gasteiger partial charge in [-0.05, 0) is 25.7 Å². The molecular formula is C14H23ClF3N3O2. The third kappa shape index (κ3) is 5.24.